The van der Waals surface area contributed by atoms with Crippen LogP contribution in [0.15, 0.2) is 0 Å². The van der Waals surface area contributed by atoms with Crippen LogP contribution in [0.2, 0.25) is 0 Å². The fourth-order valence-electron chi connectivity index (χ4n) is 2.15. The van der Waals surface area contributed by atoms with Gasteiger partial charge in [0.15, 0.2) is 0 Å². The Morgan fingerprint density at radius 2 is 2.24 bits per heavy atom. The molecule has 1 amide bonds. The van der Waals surface area contributed by atoms with Crippen molar-refractivity contribution in [2.24, 2.45) is 5.92 Å². The molecule has 1 fully saturated rings. The fourth-order valence-corrected chi connectivity index (χ4v) is 2.15. The van der Waals surface area contributed by atoms with E-state index in [2.05, 4.69) is 24.5 Å². The Morgan fingerprint density at radius 3 is 2.88 bits per heavy atom. The predicted octanol–water partition coefficient (Wildman–Crippen LogP) is 1.31. The summed E-state index contributed by atoms with van der Waals surface area (Å²) in [5.74, 6) is 0.704. The number of amides is 1. The minimum absolute atomic E-state index is 0.132. The van der Waals surface area contributed by atoms with Crippen LogP contribution in [0.5, 0.6) is 0 Å². The summed E-state index contributed by atoms with van der Waals surface area (Å²) in [5.41, 5.74) is 0. The molecule has 0 aromatic rings. The van der Waals surface area contributed by atoms with Gasteiger partial charge in [-0.2, -0.15) is 0 Å². The number of ether oxygens (including phenoxy) is 1. The molecule has 17 heavy (non-hydrogen) atoms. The molecule has 0 aliphatic carbocycles. The minimum Gasteiger partial charge on any atom is -0.378 e. The number of nitrogens with one attached hydrogen (secondary N) is 2. The van der Waals surface area contributed by atoms with Crippen LogP contribution in [0, 0.1) is 5.92 Å². The van der Waals surface area contributed by atoms with Gasteiger partial charge in [0.1, 0.15) is 0 Å². The van der Waals surface area contributed by atoms with Crippen molar-refractivity contribution >= 4 is 5.91 Å². The molecule has 1 saturated heterocycles. The smallest absolute Gasteiger partial charge is 0.221 e. The topological polar surface area (TPSA) is 50.4 Å². The number of carbonyl (C=O) groups is 1. The lowest BCUT2D eigenvalue weighted by molar-refractivity contribution is -0.120. The Labute approximate surface area is 104 Å². The van der Waals surface area contributed by atoms with E-state index in [0.29, 0.717) is 31.0 Å². The van der Waals surface area contributed by atoms with Crippen molar-refractivity contribution in [1.82, 2.24) is 10.6 Å². The van der Waals surface area contributed by atoms with Gasteiger partial charge < -0.3 is 15.4 Å². The highest BCUT2D eigenvalue weighted by molar-refractivity contribution is 5.75. The normalized spacial score (nSPS) is 24.9. The van der Waals surface area contributed by atoms with Crippen molar-refractivity contribution in [3.8, 4) is 0 Å². The Balaban J connectivity index is 2.16. The minimum atomic E-state index is 0.132. The van der Waals surface area contributed by atoms with E-state index in [9.17, 15) is 4.79 Å². The summed E-state index contributed by atoms with van der Waals surface area (Å²) >= 11 is 0. The summed E-state index contributed by atoms with van der Waals surface area (Å²) in [5, 5.41) is 6.26. The maximum Gasteiger partial charge on any atom is 0.221 e. The number of hydrogen-bond donors (Lipinski definition) is 2. The van der Waals surface area contributed by atoms with Gasteiger partial charge in [-0.1, -0.05) is 13.8 Å². The largest absolute Gasteiger partial charge is 0.378 e. The molecule has 0 bridgehead atoms. The molecule has 100 valence electrons. The third-order valence-electron chi connectivity index (χ3n) is 3.22. The number of hydrogen-bond acceptors (Lipinski definition) is 3. The molecule has 2 atom stereocenters. The maximum absolute atomic E-state index is 11.3. The zero-order chi connectivity index (χ0) is 12.7. The Hall–Kier alpha value is -0.610. The van der Waals surface area contributed by atoms with Crippen LogP contribution in [0.4, 0.5) is 0 Å². The molecule has 1 heterocycles. The Morgan fingerprint density at radius 1 is 1.47 bits per heavy atom. The highest BCUT2D eigenvalue weighted by Gasteiger charge is 2.24. The zero-order valence-corrected chi connectivity index (χ0v) is 11.3. The molecule has 0 radical (unpaired) electrons. The third kappa shape index (κ3) is 5.50. The van der Waals surface area contributed by atoms with Crippen LogP contribution < -0.4 is 10.6 Å². The van der Waals surface area contributed by atoms with Crippen molar-refractivity contribution in [3.05, 3.63) is 0 Å². The highest BCUT2D eigenvalue weighted by atomic mass is 16.5. The van der Waals surface area contributed by atoms with Gasteiger partial charge in [-0.05, 0) is 25.7 Å². The average molecular weight is 242 g/mol. The van der Waals surface area contributed by atoms with Crippen molar-refractivity contribution in [3.63, 3.8) is 0 Å². The first kappa shape index (κ1) is 14.5. The molecule has 2 N–H and O–H groups in total. The van der Waals surface area contributed by atoms with Gasteiger partial charge in [0.25, 0.3) is 0 Å². The van der Waals surface area contributed by atoms with Crippen LogP contribution in [-0.2, 0) is 9.53 Å². The second-order valence-corrected chi connectivity index (χ2v) is 5.03. The molecule has 4 nitrogen and oxygen atoms in total. The molecule has 1 aliphatic heterocycles. The molecule has 0 saturated carbocycles. The Kier molecular flexibility index (Phi) is 6.52. The summed E-state index contributed by atoms with van der Waals surface area (Å²) in [6, 6.07) is 0.505. The fraction of sp³-hybridized carbons (Fsp3) is 0.923. The lowest BCUT2D eigenvalue weighted by atomic mass is 9.95. The summed E-state index contributed by atoms with van der Waals surface area (Å²) in [6.45, 7) is 8.65. The zero-order valence-electron chi connectivity index (χ0n) is 11.3. The van der Waals surface area contributed by atoms with E-state index in [1.165, 1.54) is 0 Å². The van der Waals surface area contributed by atoms with Crippen LogP contribution in [0.25, 0.3) is 0 Å². The maximum atomic E-state index is 11.3. The van der Waals surface area contributed by atoms with Gasteiger partial charge in [0.2, 0.25) is 5.91 Å². The van der Waals surface area contributed by atoms with Gasteiger partial charge in [-0.3, -0.25) is 4.79 Å². The SMILES string of the molecule is CCNC(=O)CCNC1CCOC(C(C)C)C1. The number of carbonyl (C=O) groups excluding carboxylic acids is 1. The monoisotopic (exact) mass is 242 g/mol. The second kappa shape index (κ2) is 7.67. The summed E-state index contributed by atoms with van der Waals surface area (Å²) in [7, 11) is 0. The molecule has 4 heteroatoms. The summed E-state index contributed by atoms with van der Waals surface area (Å²) in [6.07, 6.45) is 3.05. The third-order valence-corrected chi connectivity index (χ3v) is 3.22. The van der Waals surface area contributed by atoms with E-state index < -0.39 is 0 Å². The molecule has 1 aliphatic rings. The first-order valence-corrected chi connectivity index (χ1v) is 6.75. The van der Waals surface area contributed by atoms with Crippen LogP contribution in [0.3, 0.4) is 0 Å². The van der Waals surface area contributed by atoms with E-state index in [4.69, 9.17) is 4.74 Å². The van der Waals surface area contributed by atoms with E-state index >= 15 is 0 Å². The molecule has 1 rings (SSSR count). The van der Waals surface area contributed by atoms with Gasteiger partial charge in [-0.15, -0.1) is 0 Å². The molecule has 0 aromatic heterocycles. The molecular formula is C13H26N2O2. The molecule has 0 spiro atoms. The number of rotatable bonds is 6. The standard InChI is InChI=1S/C13H26N2O2/c1-4-14-13(16)5-7-15-11-6-8-17-12(9-11)10(2)3/h10-12,15H,4-9H2,1-3H3,(H,14,16). The summed E-state index contributed by atoms with van der Waals surface area (Å²) in [4.78, 5) is 11.3. The van der Waals surface area contributed by atoms with Crippen molar-refractivity contribution in [2.45, 2.75) is 52.2 Å². The summed E-state index contributed by atoms with van der Waals surface area (Å²) < 4.78 is 5.72. The Bertz CT molecular complexity index is 231. The lowest BCUT2D eigenvalue weighted by Crippen LogP contribution is -2.42. The molecule has 2 unspecified atom stereocenters. The van der Waals surface area contributed by atoms with Gasteiger partial charge in [-0.25, -0.2) is 0 Å². The van der Waals surface area contributed by atoms with Crippen molar-refractivity contribution < 1.29 is 9.53 Å². The van der Waals surface area contributed by atoms with E-state index in [0.717, 1.165) is 26.0 Å². The average Bonchev–Trinajstić information content (AvgIpc) is 2.30. The van der Waals surface area contributed by atoms with Gasteiger partial charge in [0.05, 0.1) is 6.10 Å². The quantitative estimate of drug-likeness (QED) is 0.738. The van der Waals surface area contributed by atoms with Gasteiger partial charge in [0, 0.05) is 32.2 Å². The van der Waals surface area contributed by atoms with Crippen molar-refractivity contribution in [1.29, 1.82) is 0 Å². The van der Waals surface area contributed by atoms with Gasteiger partial charge >= 0.3 is 0 Å². The van der Waals surface area contributed by atoms with Crippen LogP contribution in [-0.4, -0.2) is 37.7 Å². The van der Waals surface area contributed by atoms with E-state index in [1.54, 1.807) is 0 Å². The van der Waals surface area contributed by atoms with Crippen LogP contribution >= 0.6 is 0 Å². The van der Waals surface area contributed by atoms with E-state index in [1.807, 2.05) is 6.92 Å². The van der Waals surface area contributed by atoms with E-state index in [-0.39, 0.29) is 5.91 Å². The molecular weight excluding hydrogens is 216 g/mol. The predicted molar refractivity (Wildman–Crippen MR) is 68.9 cm³/mol. The molecule has 0 aromatic carbocycles. The lowest BCUT2D eigenvalue weighted by Gasteiger charge is -2.32. The van der Waals surface area contributed by atoms with Crippen LogP contribution in [0.1, 0.15) is 40.0 Å². The first-order valence-electron chi connectivity index (χ1n) is 6.75. The first-order chi connectivity index (χ1) is 8.13. The highest BCUT2D eigenvalue weighted by Crippen LogP contribution is 2.19. The second-order valence-electron chi connectivity index (χ2n) is 5.03. The van der Waals surface area contributed by atoms with Crippen molar-refractivity contribution in [2.75, 3.05) is 19.7 Å².